The molecule has 3 N–H and O–H groups in total. The van der Waals surface area contributed by atoms with Gasteiger partial charge in [0.25, 0.3) is 0 Å². The van der Waals surface area contributed by atoms with Crippen LogP contribution in [0.25, 0.3) is 11.4 Å². The summed E-state index contributed by atoms with van der Waals surface area (Å²) in [6.45, 7) is 5.84. The van der Waals surface area contributed by atoms with Crippen molar-refractivity contribution in [1.29, 1.82) is 0 Å². The Kier molecular flexibility index (Phi) is 4.14. The number of hydrogen-bond donors (Lipinski definition) is 2. The molecule has 0 radical (unpaired) electrons. The first-order chi connectivity index (χ1) is 9.79. The van der Waals surface area contributed by atoms with Crippen molar-refractivity contribution >= 4 is 11.6 Å². The third-order valence-electron chi connectivity index (χ3n) is 3.42. The number of carbonyl (C=O) groups is 1. The molecule has 0 fully saturated rings. The van der Waals surface area contributed by atoms with Gasteiger partial charge in [-0.1, -0.05) is 32.9 Å². The van der Waals surface area contributed by atoms with Gasteiger partial charge in [-0.05, 0) is 17.5 Å². The van der Waals surface area contributed by atoms with Crippen LogP contribution in [0, 0.1) is 5.41 Å². The van der Waals surface area contributed by atoms with Crippen molar-refractivity contribution in [3.05, 3.63) is 36.7 Å². The number of aromatic nitrogens is 2. The van der Waals surface area contributed by atoms with Gasteiger partial charge < -0.3 is 15.6 Å². The first-order valence-corrected chi connectivity index (χ1v) is 6.93. The topological polar surface area (TPSA) is 72.9 Å². The van der Waals surface area contributed by atoms with Crippen molar-refractivity contribution in [2.45, 2.75) is 26.8 Å². The van der Waals surface area contributed by atoms with E-state index in [0.717, 1.165) is 17.1 Å². The first-order valence-electron chi connectivity index (χ1n) is 6.93. The van der Waals surface area contributed by atoms with Gasteiger partial charge in [-0.25, -0.2) is 4.98 Å². The van der Waals surface area contributed by atoms with E-state index in [1.54, 1.807) is 6.20 Å². The molecule has 112 valence electrons. The van der Waals surface area contributed by atoms with Crippen molar-refractivity contribution in [1.82, 2.24) is 9.55 Å². The molecule has 2 rings (SSSR count). The summed E-state index contributed by atoms with van der Waals surface area (Å²) in [5, 5.41) is 2.87. The van der Waals surface area contributed by atoms with E-state index in [-0.39, 0.29) is 11.3 Å². The molecule has 2 aromatic rings. The van der Waals surface area contributed by atoms with Crippen molar-refractivity contribution in [3.8, 4) is 11.4 Å². The zero-order chi connectivity index (χ0) is 15.6. The number of anilines is 1. The van der Waals surface area contributed by atoms with Gasteiger partial charge in [0.15, 0.2) is 0 Å². The number of aryl methyl sites for hydroxylation is 1. The lowest BCUT2D eigenvalue weighted by Gasteiger charge is -2.25. The molecule has 0 saturated carbocycles. The van der Waals surface area contributed by atoms with Gasteiger partial charge in [0, 0.05) is 30.7 Å². The van der Waals surface area contributed by atoms with Gasteiger partial charge in [-0.3, -0.25) is 4.79 Å². The van der Waals surface area contributed by atoms with Crippen LogP contribution in [0.15, 0.2) is 36.7 Å². The smallest absolute Gasteiger partial charge is 0.241 e. The summed E-state index contributed by atoms with van der Waals surface area (Å²) >= 11 is 0. The lowest BCUT2D eigenvalue weighted by atomic mass is 9.87. The van der Waals surface area contributed by atoms with Crippen LogP contribution >= 0.6 is 0 Å². The number of nitrogens with two attached hydrogens (primary N) is 1. The van der Waals surface area contributed by atoms with Gasteiger partial charge in [0.1, 0.15) is 5.82 Å². The lowest BCUT2D eigenvalue weighted by Crippen LogP contribution is -2.45. The van der Waals surface area contributed by atoms with E-state index in [9.17, 15) is 4.79 Å². The van der Waals surface area contributed by atoms with Crippen molar-refractivity contribution in [3.63, 3.8) is 0 Å². The molecule has 5 nitrogen and oxygen atoms in total. The summed E-state index contributed by atoms with van der Waals surface area (Å²) in [5.74, 6) is 0.672. The molecule has 0 bridgehead atoms. The van der Waals surface area contributed by atoms with Crippen LogP contribution in [0.2, 0.25) is 0 Å². The second kappa shape index (κ2) is 5.69. The number of benzene rings is 1. The predicted octanol–water partition coefficient (Wildman–Crippen LogP) is 2.40. The van der Waals surface area contributed by atoms with Crippen molar-refractivity contribution < 1.29 is 4.79 Å². The van der Waals surface area contributed by atoms with E-state index >= 15 is 0 Å². The van der Waals surface area contributed by atoms with Crippen LogP contribution < -0.4 is 11.1 Å². The number of imidazole rings is 1. The summed E-state index contributed by atoms with van der Waals surface area (Å²) in [7, 11) is 1.93. The van der Waals surface area contributed by atoms with E-state index in [4.69, 9.17) is 5.73 Å². The fourth-order valence-electron chi connectivity index (χ4n) is 1.99. The van der Waals surface area contributed by atoms with E-state index in [0.29, 0.717) is 0 Å². The monoisotopic (exact) mass is 286 g/mol. The number of nitrogens with one attached hydrogen (secondary N) is 1. The van der Waals surface area contributed by atoms with Crippen LogP contribution in [0.1, 0.15) is 20.8 Å². The maximum atomic E-state index is 12.2. The van der Waals surface area contributed by atoms with E-state index < -0.39 is 6.04 Å². The largest absolute Gasteiger partial charge is 0.334 e. The number of amides is 1. The van der Waals surface area contributed by atoms with Gasteiger partial charge in [0.2, 0.25) is 5.91 Å². The Morgan fingerprint density at radius 1 is 1.38 bits per heavy atom. The Morgan fingerprint density at radius 2 is 2.10 bits per heavy atom. The van der Waals surface area contributed by atoms with Crippen LogP contribution in [0.4, 0.5) is 5.69 Å². The van der Waals surface area contributed by atoms with Crippen LogP contribution in [0.3, 0.4) is 0 Å². The summed E-state index contributed by atoms with van der Waals surface area (Å²) in [6.07, 6.45) is 3.63. The van der Waals surface area contributed by atoms with Gasteiger partial charge in [-0.2, -0.15) is 0 Å². The van der Waals surface area contributed by atoms with Gasteiger partial charge >= 0.3 is 0 Å². The third-order valence-corrected chi connectivity index (χ3v) is 3.42. The fraction of sp³-hybridized carbons (Fsp3) is 0.375. The molecule has 0 aliphatic carbocycles. The second-order valence-electron chi connectivity index (χ2n) is 6.28. The van der Waals surface area contributed by atoms with Crippen molar-refractivity contribution in [2.75, 3.05) is 5.32 Å². The molecule has 0 spiro atoms. The van der Waals surface area contributed by atoms with E-state index in [1.165, 1.54) is 0 Å². The minimum Gasteiger partial charge on any atom is -0.334 e. The maximum absolute atomic E-state index is 12.2. The highest BCUT2D eigenvalue weighted by molar-refractivity contribution is 5.95. The quantitative estimate of drug-likeness (QED) is 0.910. The molecule has 0 aliphatic rings. The molecule has 21 heavy (non-hydrogen) atoms. The molecule has 1 aromatic heterocycles. The first kappa shape index (κ1) is 15.3. The Labute approximate surface area is 125 Å². The second-order valence-corrected chi connectivity index (χ2v) is 6.28. The molecule has 1 aromatic carbocycles. The number of hydrogen-bond acceptors (Lipinski definition) is 3. The van der Waals surface area contributed by atoms with Crippen LogP contribution in [-0.4, -0.2) is 21.5 Å². The maximum Gasteiger partial charge on any atom is 0.241 e. The van der Waals surface area contributed by atoms with Crippen LogP contribution in [0.5, 0.6) is 0 Å². The molecule has 0 unspecified atom stereocenters. The summed E-state index contributed by atoms with van der Waals surface area (Å²) < 4.78 is 1.93. The molecule has 0 aliphatic heterocycles. The van der Waals surface area contributed by atoms with E-state index in [2.05, 4.69) is 10.3 Å². The predicted molar refractivity (Wildman–Crippen MR) is 84.7 cm³/mol. The summed E-state index contributed by atoms with van der Waals surface area (Å²) in [6, 6.07) is 7.04. The lowest BCUT2D eigenvalue weighted by molar-refractivity contribution is -0.119. The molecular weight excluding hydrogens is 264 g/mol. The highest BCUT2D eigenvalue weighted by Gasteiger charge is 2.27. The molecule has 0 saturated heterocycles. The normalized spacial score (nSPS) is 13.0. The van der Waals surface area contributed by atoms with Crippen LogP contribution in [-0.2, 0) is 11.8 Å². The Bertz CT molecular complexity index is 640. The minimum absolute atomic E-state index is 0.181. The van der Waals surface area contributed by atoms with E-state index in [1.807, 2.05) is 62.8 Å². The Balaban J connectivity index is 2.19. The van der Waals surface area contributed by atoms with Crippen molar-refractivity contribution in [2.24, 2.45) is 18.2 Å². The molecule has 5 heteroatoms. The molecule has 1 atom stereocenters. The summed E-state index contributed by atoms with van der Waals surface area (Å²) in [5.41, 5.74) is 7.37. The number of rotatable bonds is 3. The third kappa shape index (κ3) is 3.49. The highest BCUT2D eigenvalue weighted by Crippen LogP contribution is 2.22. The summed E-state index contributed by atoms with van der Waals surface area (Å²) in [4.78, 5) is 16.5. The average Bonchev–Trinajstić information content (AvgIpc) is 2.83. The van der Waals surface area contributed by atoms with Gasteiger partial charge in [0.05, 0.1) is 6.04 Å². The SMILES string of the molecule is Cn1ccnc1-c1cccc(NC(=O)[C@@H](N)C(C)(C)C)c1. The Hall–Kier alpha value is -2.14. The highest BCUT2D eigenvalue weighted by atomic mass is 16.2. The average molecular weight is 286 g/mol. The van der Waals surface area contributed by atoms with Gasteiger partial charge in [-0.15, -0.1) is 0 Å². The molecule has 1 amide bonds. The standard InChI is InChI=1S/C16H22N4O/c1-16(2,3)13(17)15(21)19-12-7-5-6-11(10-12)14-18-8-9-20(14)4/h5-10,13H,17H2,1-4H3,(H,19,21)/t13-/m1/s1. The number of carbonyl (C=O) groups excluding carboxylic acids is 1. The minimum atomic E-state index is -0.561. The molecular formula is C16H22N4O. The fourth-order valence-corrected chi connectivity index (χ4v) is 1.99. The Morgan fingerprint density at radius 3 is 2.67 bits per heavy atom. The number of nitrogens with zero attached hydrogens (tertiary/aromatic N) is 2. The zero-order valence-electron chi connectivity index (χ0n) is 12.9. The zero-order valence-corrected chi connectivity index (χ0v) is 12.9. The molecule has 1 heterocycles.